The second-order valence-electron chi connectivity index (χ2n) is 4.02. The Morgan fingerprint density at radius 3 is 2.00 bits per heavy atom. The topological polar surface area (TPSA) is 26.0 Å². The Labute approximate surface area is 98.9 Å². The minimum Gasteiger partial charge on any atom is -0.320 e. The van der Waals surface area contributed by atoms with Crippen LogP contribution in [0.2, 0.25) is 0 Å². The fourth-order valence-electron chi connectivity index (χ4n) is 1.75. The molecule has 0 heterocycles. The summed E-state index contributed by atoms with van der Waals surface area (Å²) in [5.41, 5.74) is 7.57. The van der Waals surface area contributed by atoms with Gasteiger partial charge in [-0.3, -0.25) is 0 Å². The maximum Gasteiger partial charge on any atom is 0.131 e. The summed E-state index contributed by atoms with van der Waals surface area (Å²) in [6, 6.07) is 10.3. The van der Waals surface area contributed by atoms with Crippen molar-refractivity contribution in [2.24, 2.45) is 5.73 Å². The summed E-state index contributed by atoms with van der Waals surface area (Å²) in [5.74, 6) is -1.23. The van der Waals surface area contributed by atoms with Crippen molar-refractivity contribution in [1.82, 2.24) is 0 Å². The van der Waals surface area contributed by atoms with Crippen LogP contribution >= 0.6 is 0 Å². The van der Waals surface area contributed by atoms with E-state index in [0.29, 0.717) is 5.56 Å². The van der Waals surface area contributed by atoms with Gasteiger partial charge in [-0.2, -0.15) is 0 Å². The quantitative estimate of drug-likeness (QED) is 0.846. The number of hydrogen-bond acceptors (Lipinski definition) is 1. The maximum atomic E-state index is 13.5. The van der Waals surface area contributed by atoms with Crippen LogP contribution < -0.4 is 5.73 Å². The largest absolute Gasteiger partial charge is 0.320 e. The Bertz CT molecular complexity index is 500. The molecule has 1 unspecified atom stereocenters. The van der Waals surface area contributed by atoms with E-state index < -0.39 is 17.7 Å². The lowest BCUT2D eigenvalue weighted by Crippen LogP contribution is -2.15. The zero-order valence-electron chi connectivity index (χ0n) is 9.45. The van der Waals surface area contributed by atoms with Gasteiger partial charge in [0, 0.05) is 5.56 Å². The molecule has 2 aromatic rings. The normalized spacial score (nSPS) is 12.5. The van der Waals surface area contributed by atoms with Crippen molar-refractivity contribution in [3.05, 3.63) is 70.8 Å². The zero-order chi connectivity index (χ0) is 12.4. The molecular weight excluding hydrogens is 220 g/mol. The Hall–Kier alpha value is -1.74. The molecule has 2 rings (SSSR count). The van der Waals surface area contributed by atoms with Crippen LogP contribution in [0.4, 0.5) is 8.78 Å². The second-order valence-corrected chi connectivity index (χ2v) is 4.02. The van der Waals surface area contributed by atoms with Crippen LogP contribution in [-0.2, 0) is 0 Å². The van der Waals surface area contributed by atoms with Crippen LogP contribution in [0.25, 0.3) is 0 Å². The average molecular weight is 233 g/mol. The highest BCUT2D eigenvalue weighted by Gasteiger charge is 2.17. The van der Waals surface area contributed by atoms with Crippen molar-refractivity contribution in [2.75, 3.05) is 0 Å². The summed E-state index contributed by atoms with van der Waals surface area (Å²) in [6.45, 7) is 1.94. The van der Waals surface area contributed by atoms with Crippen LogP contribution in [0.3, 0.4) is 0 Å². The molecule has 0 saturated carbocycles. The van der Waals surface area contributed by atoms with E-state index in [9.17, 15) is 8.78 Å². The molecule has 3 heteroatoms. The standard InChI is InChI=1S/C14H13F2N/c1-9-5-7-10(8-6-9)14(17)13-11(15)3-2-4-12(13)16/h2-8,14H,17H2,1H3. The van der Waals surface area contributed by atoms with Crippen molar-refractivity contribution >= 4 is 0 Å². The lowest BCUT2D eigenvalue weighted by atomic mass is 9.98. The number of rotatable bonds is 2. The van der Waals surface area contributed by atoms with Gasteiger partial charge in [-0.05, 0) is 24.6 Å². The number of benzene rings is 2. The van der Waals surface area contributed by atoms with E-state index in [0.717, 1.165) is 5.56 Å². The Kier molecular flexibility index (Phi) is 3.20. The number of nitrogens with two attached hydrogens (primary N) is 1. The van der Waals surface area contributed by atoms with Crippen LogP contribution in [0, 0.1) is 18.6 Å². The highest BCUT2D eigenvalue weighted by atomic mass is 19.1. The molecule has 0 aliphatic heterocycles. The summed E-state index contributed by atoms with van der Waals surface area (Å²) in [4.78, 5) is 0. The van der Waals surface area contributed by atoms with Gasteiger partial charge in [-0.25, -0.2) is 8.78 Å². The van der Waals surface area contributed by atoms with E-state index in [2.05, 4.69) is 0 Å². The van der Waals surface area contributed by atoms with Crippen molar-refractivity contribution < 1.29 is 8.78 Å². The zero-order valence-corrected chi connectivity index (χ0v) is 9.45. The second kappa shape index (κ2) is 4.63. The van der Waals surface area contributed by atoms with Crippen LogP contribution in [-0.4, -0.2) is 0 Å². The van der Waals surface area contributed by atoms with E-state index in [1.165, 1.54) is 18.2 Å². The monoisotopic (exact) mass is 233 g/mol. The minimum absolute atomic E-state index is 0.0867. The third-order valence-corrected chi connectivity index (χ3v) is 2.75. The third kappa shape index (κ3) is 2.34. The molecular formula is C14H13F2N. The van der Waals surface area contributed by atoms with Gasteiger partial charge in [0.25, 0.3) is 0 Å². The molecule has 0 spiro atoms. The molecule has 1 atom stereocenters. The molecule has 88 valence electrons. The summed E-state index contributed by atoms with van der Waals surface area (Å²) in [6.07, 6.45) is 0. The fraction of sp³-hybridized carbons (Fsp3) is 0.143. The SMILES string of the molecule is Cc1ccc(C(N)c2c(F)cccc2F)cc1. The van der Waals surface area contributed by atoms with E-state index in [1.54, 1.807) is 12.1 Å². The molecule has 0 radical (unpaired) electrons. The van der Waals surface area contributed by atoms with Gasteiger partial charge in [0.2, 0.25) is 0 Å². The summed E-state index contributed by atoms with van der Waals surface area (Å²) in [7, 11) is 0. The number of aryl methyl sites for hydroxylation is 1. The predicted octanol–water partition coefficient (Wildman–Crippen LogP) is 3.32. The van der Waals surface area contributed by atoms with Gasteiger partial charge in [0.1, 0.15) is 11.6 Å². The lowest BCUT2D eigenvalue weighted by Gasteiger charge is -2.14. The van der Waals surface area contributed by atoms with Crippen LogP contribution in [0.1, 0.15) is 22.7 Å². The summed E-state index contributed by atoms with van der Waals surface area (Å²) < 4.78 is 27.1. The van der Waals surface area contributed by atoms with Crippen molar-refractivity contribution in [3.63, 3.8) is 0 Å². The fourth-order valence-corrected chi connectivity index (χ4v) is 1.75. The van der Waals surface area contributed by atoms with Crippen molar-refractivity contribution in [3.8, 4) is 0 Å². The van der Waals surface area contributed by atoms with Crippen molar-refractivity contribution in [1.29, 1.82) is 0 Å². The van der Waals surface area contributed by atoms with E-state index in [1.807, 2.05) is 19.1 Å². The third-order valence-electron chi connectivity index (χ3n) is 2.75. The van der Waals surface area contributed by atoms with Gasteiger partial charge in [0.15, 0.2) is 0 Å². The van der Waals surface area contributed by atoms with Crippen LogP contribution in [0.5, 0.6) is 0 Å². The van der Waals surface area contributed by atoms with Gasteiger partial charge in [-0.15, -0.1) is 0 Å². The summed E-state index contributed by atoms with van der Waals surface area (Å²) >= 11 is 0. The molecule has 0 saturated heterocycles. The maximum absolute atomic E-state index is 13.5. The molecule has 1 nitrogen and oxygen atoms in total. The molecule has 0 aliphatic rings. The first-order chi connectivity index (χ1) is 8.09. The first-order valence-electron chi connectivity index (χ1n) is 5.35. The van der Waals surface area contributed by atoms with E-state index in [-0.39, 0.29) is 5.56 Å². The molecule has 2 aromatic carbocycles. The highest BCUT2D eigenvalue weighted by molar-refractivity contribution is 5.34. The average Bonchev–Trinajstić information content (AvgIpc) is 2.29. The van der Waals surface area contributed by atoms with Crippen LogP contribution in [0.15, 0.2) is 42.5 Å². The smallest absolute Gasteiger partial charge is 0.131 e. The molecule has 0 fully saturated rings. The van der Waals surface area contributed by atoms with Gasteiger partial charge < -0.3 is 5.73 Å². The van der Waals surface area contributed by atoms with E-state index in [4.69, 9.17) is 5.73 Å². The Morgan fingerprint density at radius 2 is 1.47 bits per heavy atom. The predicted molar refractivity (Wildman–Crippen MR) is 63.6 cm³/mol. The molecule has 17 heavy (non-hydrogen) atoms. The van der Waals surface area contributed by atoms with Gasteiger partial charge in [-0.1, -0.05) is 35.9 Å². The first-order valence-corrected chi connectivity index (χ1v) is 5.35. The molecule has 0 aromatic heterocycles. The molecule has 2 N–H and O–H groups in total. The molecule has 0 amide bonds. The molecule has 0 aliphatic carbocycles. The van der Waals surface area contributed by atoms with Gasteiger partial charge in [0.05, 0.1) is 6.04 Å². The highest BCUT2D eigenvalue weighted by Crippen LogP contribution is 2.24. The first kappa shape index (κ1) is 11.7. The number of halogens is 2. The summed E-state index contributed by atoms with van der Waals surface area (Å²) in [5, 5.41) is 0. The molecule has 0 bridgehead atoms. The Morgan fingerprint density at radius 1 is 0.941 bits per heavy atom. The minimum atomic E-state index is -0.781. The Balaban J connectivity index is 2.43. The lowest BCUT2D eigenvalue weighted by molar-refractivity contribution is 0.543. The van der Waals surface area contributed by atoms with Gasteiger partial charge >= 0.3 is 0 Å². The van der Waals surface area contributed by atoms with Crippen molar-refractivity contribution in [2.45, 2.75) is 13.0 Å². The number of hydrogen-bond donors (Lipinski definition) is 1. The van der Waals surface area contributed by atoms with E-state index >= 15 is 0 Å².